The Balaban J connectivity index is 2.05. The normalized spacial score (nSPS) is 20.1. The van der Waals surface area contributed by atoms with E-state index in [2.05, 4.69) is 20.8 Å². The molecule has 0 spiro atoms. The highest BCUT2D eigenvalue weighted by molar-refractivity contribution is 9.09. The van der Waals surface area contributed by atoms with Crippen molar-refractivity contribution in [1.29, 1.82) is 0 Å². The quantitative estimate of drug-likeness (QED) is 0.685. The van der Waals surface area contributed by atoms with Crippen LogP contribution in [0.15, 0.2) is 0 Å². The van der Waals surface area contributed by atoms with E-state index in [-0.39, 0.29) is 6.67 Å². The van der Waals surface area contributed by atoms with Crippen molar-refractivity contribution in [2.45, 2.75) is 25.4 Å². The molecule has 84 valence electrons. The van der Waals surface area contributed by atoms with E-state index in [0.29, 0.717) is 12.5 Å². The summed E-state index contributed by atoms with van der Waals surface area (Å²) in [4.78, 5) is 2.33. The summed E-state index contributed by atoms with van der Waals surface area (Å²) in [6.07, 6.45) is 3.29. The molecular formula is C10H19BrFNO. The molecule has 1 aliphatic heterocycles. The molecule has 1 fully saturated rings. The van der Waals surface area contributed by atoms with Crippen LogP contribution in [0.25, 0.3) is 0 Å². The SMILES string of the molecule is FCCCN1CCC(OCCBr)CC1. The van der Waals surface area contributed by atoms with E-state index in [9.17, 15) is 4.39 Å². The third kappa shape index (κ3) is 4.71. The lowest BCUT2D eigenvalue weighted by Crippen LogP contribution is -2.37. The molecule has 1 saturated heterocycles. The molecule has 4 heteroatoms. The molecule has 1 rings (SSSR count). The topological polar surface area (TPSA) is 12.5 Å². The zero-order valence-corrected chi connectivity index (χ0v) is 10.1. The highest BCUT2D eigenvalue weighted by atomic mass is 79.9. The lowest BCUT2D eigenvalue weighted by atomic mass is 10.1. The molecule has 0 radical (unpaired) electrons. The van der Waals surface area contributed by atoms with Gasteiger partial charge in [0.15, 0.2) is 0 Å². The number of hydrogen-bond acceptors (Lipinski definition) is 2. The Morgan fingerprint density at radius 3 is 2.64 bits per heavy atom. The van der Waals surface area contributed by atoms with Gasteiger partial charge in [-0.2, -0.15) is 0 Å². The maximum absolute atomic E-state index is 11.9. The van der Waals surface area contributed by atoms with Crippen molar-refractivity contribution in [1.82, 2.24) is 4.90 Å². The summed E-state index contributed by atoms with van der Waals surface area (Å²) in [6.45, 7) is 3.64. The van der Waals surface area contributed by atoms with Crippen LogP contribution < -0.4 is 0 Å². The molecule has 0 saturated carbocycles. The Kier molecular flexibility index (Phi) is 6.73. The van der Waals surface area contributed by atoms with Crippen LogP contribution in [0.4, 0.5) is 4.39 Å². The van der Waals surface area contributed by atoms with Gasteiger partial charge in [-0.25, -0.2) is 0 Å². The van der Waals surface area contributed by atoms with Crippen molar-refractivity contribution in [2.75, 3.05) is 38.2 Å². The fraction of sp³-hybridized carbons (Fsp3) is 1.00. The Labute approximate surface area is 93.9 Å². The van der Waals surface area contributed by atoms with Crippen molar-refractivity contribution in [3.8, 4) is 0 Å². The van der Waals surface area contributed by atoms with Crippen LogP contribution in [0.5, 0.6) is 0 Å². The molecule has 0 bridgehead atoms. The average molecular weight is 268 g/mol. The first-order valence-electron chi connectivity index (χ1n) is 5.32. The van der Waals surface area contributed by atoms with Crippen molar-refractivity contribution in [3.05, 3.63) is 0 Å². The summed E-state index contributed by atoms with van der Waals surface area (Å²) >= 11 is 3.35. The first kappa shape index (κ1) is 12.4. The molecule has 1 heterocycles. The minimum absolute atomic E-state index is 0.194. The molecule has 0 aromatic heterocycles. The number of alkyl halides is 2. The third-order valence-corrected chi connectivity index (χ3v) is 2.90. The van der Waals surface area contributed by atoms with Crippen LogP contribution in [-0.4, -0.2) is 49.2 Å². The second-order valence-electron chi connectivity index (χ2n) is 3.64. The predicted molar refractivity (Wildman–Crippen MR) is 59.8 cm³/mol. The third-order valence-electron chi connectivity index (χ3n) is 2.57. The number of hydrogen-bond donors (Lipinski definition) is 0. The minimum Gasteiger partial charge on any atom is -0.377 e. The summed E-state index contributed by atoms with van der Waals surface area (Å²) in [5.41, 5.74) is 0. The van der Waals surface area contributed by atoms with E-state index in [1.807, 2.05) is 0 Å². The molecule has 14 heavy (non-hydrogen) atoms. The van der Waals surface area contributed by atoms with Crippen molar-refractivity contribution in [2.24, 2.45) is 0 Å². The highest BCUT2D eigenvalue weighted by Crippen LogP contribution is 2.13. The maximum Gasteiger partial charge on any atom is 0.0906 e. The Bertz CT molecular complexity index is 124. The molecule has 0 atom stereocenters. The number of piperidine rings is 1. The second kappa shape index (κ2) is 7.60. The average Bonchev–Trinajstić information content (AvgIpc) is 2.25. The molecule has 0 aromatic carbocycles. The van der Waals surface area contributed by atoms with E-state index < -0.39 is 0 Å². The van der Waals surface area contributed by atoms with E-state index in [1.165, 1.54) is 0 Å². The van der Waals surface area contributed by atoms with E-state index >= 15 is 0 Å². The van der Waals surface area contributed by atoms with Crippen molar-refractivity contribution < 1.29 is 9.13 Å². The molecule has 0 unspecified atom stereocenters. The Morgan fingerprint density at radius 2 is 2.07 bits per heavy atom. The van der Waals surface area contributed by atoms with Gasteiger partial charge in [-0.3, -0.25) is 4.39 Å². The van der Waals surface area contributed by atoms with Crippen molar-refractivity contribution in [3.63, 3.8) is 0 Å². The molecule has 0 aromatic rings. The smallest absolute Gasteiger partial charge is 0.0906 e. The molecule has 2 nitrogen and oxygen atoms in total. The van der Waals surface area contributed by atoms with Crippen LogP contribution in [0.3, 0.4) is 0 Å². The van der Waals surface area contributed by atoms with Crippen molar-refractivity contribution >= 4 is 15.9 Å². The molecule has 0 amide bonds. The first-order valence-corrected chi connectivity index (χ1v) is 6.45. The maximum atomic E-state index is 11.9. The largest absolute Gasteiger partial charge is 0.377 e. The molecular weight excluding hydrogens is 249 g/mol. The summed E-state index contributed by atoms with van der Waals surface area (Å²) in [7, 11) is 0. The monoisotopic (exact) mass is 267 g/mol. The van der Waals surface area contributed by atoms with Gasteiger partial charge in [0.2, 0.25) is 0 Å². The first-order chi connectivity index (χ1) is 6.86. The fourth-order valence-electron chi connectivity index (χ4n) is 1.79. The lowest BCUT2D eigenvalue weighted by molar-refractivity contribution is 0.0154. The molecule has 1 aliphatic rings. The van der Waals surface area contributed by atoms with Crippen LogP contribution in [0, 0.1) is 0 Å². The van der Waals surface area contributed by atoms with E-state index in [0.717, 1.165) is 44.4 Å². The highest BCUT2D eigenvalue weighted by Gasteiger charge is 2.18. The standard InChI is InChI=1S/C10H19BrFNO/c11-4-9-14-10-2-7-13(8-3-10)6-1-5-12/h10H,1-9H2. The Morgan fingerprint density at radius 1 is 1.36 bits per heavy atom. The van der Waals surface area contributed by atoms with Gasteiger partial charge < -0.3 is 9.64 Å². The zero-order chi connectivity index (χ0) is 10.2. The number of halogens is 2. The number of rotatable bonds is 6. The fourth-order valence-corrected chi connectivity index (χ4v) is 1.98. The summed E-state index contributed by atoms with van der Waals surface area (Å²) < 4.78 is 17.6. The van der Waals surface area contributed by atoms with Crippen LogP contribution in [-0.2, 0) is 4.74 Å². The van der Waals surface area contributed by atoms with Crippen LogP contribution >= 0.6 is 15.9 Å². The zero-order valence-electron chi connectivity index (χ0n) is 8.55. The van der Waals surface area contributed by atoms with E-state index in [1.54, 1.807) is 0 Å². The lowest BCUT2D eigenvalue weighted by Gasteiger charge is -2.31. The number of nitrogens with zero attached hydrogens (tertiary/aromatic N) is 1. The van der Waals surface area contributed by atoms with Crippen LogP contribution in [0.2, 0.25) is 0 Å². The minimum atomic E-state index is -0.194. The molecule has 0 aliphatic carbocycles. The van der Waals surface area contributed by atoms with E-state index in [4.69, 9.17) is 4.74 Å². The summed E-state index contributed by atoms with van der Waals surface area (Å²) in [6, 6.07) is 0. The van der Waals surface area contributed by atoms with Gasteiger partial charge in [0.25, 0.3) is 0 Å². The van der Waals surface area contributed by atoms with Gasteiger partial charge in [0, 0.05) is 25.0 Å². The summed E-state index contributed by atoms with van der Waals surface area (Å²) in [5.74, 6) is 0. The summed E-state index contributed by atoms with van der Waals surface area (Å²) in [5, 5.41) is 0.912. The van der Waals surface area contributed by atoms with Crippen LogP contribution in [0.1, 0.15) is 19.3 Å². The van der Waals surface area contributed by atoms with Gasteiger partial charge in [0.1, 0.15) is 0 Å². The van der Waals surface area contributed by atoms with Gasteiger partial charge in [-0.1, -0.05) is 15.9 Å². The second-order valence-corrected chi connectivity index (χ2v) is 4.44. The predicted octanol–water partition coefficient (Wildman–Crippen LogP) is 2.22. The Hall–Kier alpha value is 0.330. The number of likely N-dealkylation sites (tertiary alicyclic amines) is 1. The number of ether oxygens (including phenoxy) is 1. The van der Waals surface area contributed by atoms with Gasteiger partial charge in [-0.15, -0.1) is 0 Å². The van der Waals surface area contributed by atoms with Gasteiger partial charge in [0.05, 0.1) is 19.4 Å². The van der Waals surface area contributed by atoms with Gasteiger partial charge in [-0.05, 0) is 19.3 Å². The molecule has 0 N–H and O–H groups in total. The van der Waals surface area contributed by atoms with Gasteiger partial charge >= 0.3 is 0 Å².